The molecule has 9 heteroatoms. The predicted octanol–water partition coefficient (Wildman–Crippen LogP) is 4.01. The Morgan fingerprint density at radius 2 is 2.00 bits per heavy atom. The Morgan fingerprint density at radius 3 is 2.71 bits per heavy atom. The molecular formula is C22H19F2N5O2. The van der Waals surface area contributed by atoms with Crippen LogP contribution in [0, 0.1) is 11.6 Å². The van der Waals surface area contributed by atoms with E-state index in [1.807, 2.05) is 31.2 Å². The lowest BCUT2D eigenvalue weighted by atomic mass is 10.1. The van der Waals surface area contributed by atoms with E-state index in [0.717, 1.165) is 23.4 Å². The van der Waals surface area contributed by atoms with Crippen molar-refractivity contribution in [1.82, 2.24) is 25.1 Å². The van der Waals surface area contributed by atoms with Crippen molar-refractivity contribution in [2.24, 2.45) is 0 Å². The van der Waals surface area contributed by atoms with Gasteiger partial charge in [0.25, 0.3) is 0 Å². The molecule has 0 saturated heterocycles. The van der Waals surface area contributed by atoms with Crippen LogP contribution in [-0.4, -0.2) is 25.7 Å². The highest BCUT2D eigenvalue weighted by molar-refractivity contribution is 5.76. The molecule has 0 bridgehead atoms. The molecule has 1 atom stereocenters. The molecule has 0 aliphatic carbocycles. The number of nitrogens with zero attached hydrogens (tertiary/aromatic N) is 4. The first kappa shape index (κ1) is 20.4. The van der Waals surface area contributed by atoms with Gasteiger partial charge in [-0.15, -0.1) is 0 Å². The minimum absolute atomic E-state index is 0.118. The van der Waals surface area contributed by atoms with Gasteiger partial charge in [0.2, 0.25) is 5.91 Å². The van der Waals surface area contributed by atoms with Crippen molar-refractivity contribution >= 4 is 5.91 Å². The summed E-state index contributed by atoms with van der Waals surface area (Å²) in [5, 5.41) is 7.01. The first-order valence-electron chi connectivity index (χ1n) is 9.64. The van der Waals surface area contributed by atoms with Gasteiger partial charge in [-0.25, -0.2) is 23.4 Å². The molecule has 31 heavy (non-hydrogen) atoms. The maximum Gasteiger partial charge on any atom is 0.220 e. The first-order chi connectivity index (χ1) is 15.0. The number of rotatable bonds is 7. The average molecular weight is 423 g/mol. The Labute approximate surface area is 176 Å². The smallest absolute Gasteiger partial charge is 0.220 e. The number of benzene rings is 2. The summed E-state index contributed by atoms with van der Waals surface area (Å²) in [5.74, 6) is -1.07. The van der Waals surface area contributed by atoms with Crippen LogP contribution >= 0.6 is 0 Å². The largest absolute Gasteiger partial charge is 0.441 e. The van der Waals surface area contributed by atoms with Gasteiger partial charge in [-0.1, -0.05) is 12.1 Å². The second-order valence-corrected chi connectivity index (χ2v) is 6.96. The molecule has 4 rings (SSSR count). The Bertz CT molecular complexity index is 1170. The molecule has 0 aliphatic rings. The quantitative estimate of drug-likeness (QED) is 0.485. The van der Waals surface area contributed by atoms with Crippen LogP contribution in [-0.2, 0) is 11.2 Å². The van der Waals surface area contributed by atoms with E-state index in [4.69, 9.17) is 4.42 Å². The maximum absolute atomic E-state index is 13.9. The topological polar surface area (TPSA) is 85.8 Å². The predicted molar refractivity (Wildman–Crippen MR) is 108 cm³/mol. The van der Waals surface area contributed by atoms with Gasteiger partial charge in [-0.05, 0) is 36.8 Å². The van der Waals surface area contributed by atoms with Gasteiger partial charge in [-0.2, -0.15) is 5.10 Å². The van der Waals surface area contributed by atoms with Gasteiger partial charge < -0.3 is 9.73 Å². The molecule has 2 heterocycles. The molecule has 1 N–H and O–H groups in total. The summed E-state index contributed by atoms with van der Waals surface area (Å²) in [6.07, 6.45) is 4.85. The minimum atomic E-state index is -0.732. The molecule has 1 amide bonds. The highest BCUT2D eigenvalue weighted by Gasteiger charge is 2.14. The number of aromatic nitrogens is 4. The van der Waals surface area contributed by atoms with Crippen LogP contribution in [0.2, 0.25) is 0 Å². The van der Waals surface area contributed by atoms with Crippen LogP contribution in [0.3, 0.4) is 0 Å². The van der Waals surface area contributed by atoms with E-state index < -0.39 is 11.6 Å². The molecule has 0 radical (unpaired) electrons. The van der Waals surface area contributed by atoms with E-state index >= 15 is 0 Å². The third kappa shape index (κ3) is 4.82. The van der Waals surface area contributed by atoms with Crippen LogP contribution in [0.1, 0.15) is 30.8 Å². The van der Waals surface area contributed by atoms with Crippen molar-refractivity contribution in [3.63, 3.8) is 0 Å². The Hall–Kier alpha value is -3.88. The first-order valence-corrected chi connectivity index (χ1v) is 9.64. The van der Waals surface area contributed by atoms with Crippen LogP contribution in [0.5, 0.6) is 0 Å². The van der Waals surface area contributed by atoms with E-state index in [1.165, 1.54) is 18.6 Å². The van der Waals surface area contributed by atoms with Crippen molar-refractivity contribution < 1.29 is 18.0 Å². The van der Waals surface area contributed by atoms with E-state index in [0.29, 0.717) is 5.89 Å². The van der Waals surface area contributed by atoms with Crippen molar-refractivity contribution in [3.05, 3.63) is 84.4 Å². The van der Waals surface area contributed by atoms with Crippen LogP contribution in [0.4, 0.5) is 8.78 Å². The standard InChI is InChI=1S/C22H19F2N5O2/c1-14(15-2-5-17(6-3-15)29-13-25-12-27-29)28-21(30)8-9-22-26-11-20(31-22)18-7-4-16(23)10-19(18)24/h2-7,10-14H,8-9H2,1H3,(H,28,30). The summed E-state index contributed by atoms with van der Waals surface area (Å²) in [7, 11) is 0. The van der Waals surface area contributed by atoms with E-state index in [1.54, 1.807) is 11.0 Å². The number of hydrogen-bond donors (Lipinski definition) is 1. The number of carbonyl (C=O) groups is 1. The molecule has 7 nitrogen and oxygen atoms in total. The second kappa shape index (κ2) is 8.86. The maximum atomic E-state index is 13.9. The fourth-order valence-electron chi connectivity index (χ4n) is 3.11. The van der Waals surface area contributed by atoms with Gasteiger partial charge in [0.15, 0.2) is 11.7 Å². The van der Waals surface area contributed by atoms with Crippen LogP contribution in [0.25, 0.3) is 17.0 Å². The van der Waals surface area contributed by atoms with Crippen molar-refractivity contribution in [1.29, 1.82) is 0 Å². The lowest BCUT2D eigenvalue weighted by Crippen LogP contribution is -2.26. The molecule has 0 saturated carbocycles. The molecule has 0 aliphatic heterocycles. The van der Waals surface area contributed by atoms with E-state index in [-0.39, 0.29) is 36.1 Å². The van der Waals surface area contributed by atoms with Crippen molar-refractivity contribution in [2.75, 3.05) is 0 Å². The number of oxazole rings is 1. The van der Waals surface area contributed by atoms with Gasteiger partial charge >= 0.3 is 0 Å². The number of amides is 1. The number of carbonyl (C=O) groups excluding carboxylic acids is 1. The fraction of sp³-hybridized carbons (Fsp3) is 0.182. The van der Waals surface area contributed by atoms with Crippen LogP contribution in [0.15, 0.2) is 65.7 Å². The number of hydrogen-bond acceptors (Lipinski definition) is 5. The minimum Gasteiger partial charge on any atom is -0.441 e. The normalized spacial score (nSPS) is 12.0. The van der Waals surface area contributed by atoms with Crippen molar-refractivity contribution in [2.45, 2.75) is 25.8 Å². The SMILES string of the molecule is CC(NC(=O)CCc1ncc(-c2ccc(F)cc2F)o1)c1ccc(-n2cncn2)cc1. The van der Waals surface area contributed by atoms with E-state index in [2.05, 4.69) is 20.4 Å². The monoisotopic (exact) mass is 423 g/mol. The van der Waals surface area contributed by atoms with Gasteiger partial charge in [0.1, 0.15) is 24.3 Å². The van der Waals surface area contributed by atoms with Gasteiger partial charge in [-0.3, -0.25) is 4.79 Å². The summed E-state index contributed by atoms with van der Waals surface area (Å²) in [6.45, 7) is 1.89. The zero-order chi connectivity index (χ0) is 21.8. The van der Waals surface area contributed by atoms with Crippen molar-refractivity contribution in [3.8, 4) is 17.0 Å². The molecule has 0 spiro atoms. The molecule has 2 aromatic heterocycles. The Kier molecular flexibility index (Phi) is 5.83. The molecule has 158 valence electrons. The summed E-state index contributed by atoms with van der Waals surface area (Å²) in [5.41, 5.74) is 1.94. The fourth-order valence-corrected chi connectivity index (χ4v) is 3.11. The number of nitrogens with one attached hydrogen (secondary N) is 1. The Balaban J connectivity index is 1.31. The lowest BCUT2D eigenvalue weighted by molar-refractivity contribution is -0.121. The lowest BCUT2D eigenvalue weighted by Gasteiger charge is -2.14. The van der Waals surface area contributed by atoms with Gasteiger partial charge in [0.05, 0.1) is 23.5 Å². The number of halogens is 2. The summed E-state index contributed by atoms with van der Waals surface area (Å²) >= 11 is 0. The molecule has 1 unspecified atom stereocenters. The average Bonchev–Trinajstić information content (AvgIpc) is 3.45. The van der Waals surface area contributed by atoms with Crippen LogP contribution < -0.4 is 5.32 Å². The highest BCUT2D eigenvalue weighted by Crippen LogP contribution is 2.24. The summed E-state index contributed by atoms with van der Waals surface area (Å²) in [6, 6.07) is 10.7. The zero-order valence-corrected chi connectivity index (χ0v) is 16.6. The Morgan fingerprint density at radius 1 is 1.19 bits per heavy atom. The molecule has 2 aromatic carbocycles. The summed E-state index contributed by atoms with van der Waals surface area (Å²) in [4.78, 5) is 20.3. The molecular weight excluding hydrogens is 404 g/mol. The third-order valence-electron chi connectivity index (χ3n) is 4.77. The molecule has 4 aromatic rings. The third-order valence-corrected chi connectivity index (χ3v) is 4.77. The zero-order valence-electron chi connectivity index (χ0n) is 16.6. The highest BCUT2D eigenvalue weighted by atomic mass is 19.1. The molecule has 0 fully saturated rings. The number of aryl methyl sites for hydroxylation is 1. The van der Waals surface area contributed by atoms with Gasteiger partial charge in [0, 0.05) is 18.9 Å². The summed E-state index contributed by atoms with van der Waals surface area (Å²) < 4.78 is 34.1. The second-order valence-electron chi connectivity index (χ2n) is 6.96. The van der Waals surface area contributed by atoms with E-state index in [9.17, 15) is 13.6 Å².